The topological polar surface area (TPSA) is 63.2 Å². The summed E-state index contributed by atoms with van der Waals surface area (Å²) in [5, 5.41) is 2.55. The standard InChI is InChI=1S/C11H11Cl2NO3S/c1-18(16,17)9-5-3-2-4-8(9)14-10(15)7-6-11(7,12)13/h2-5,7H,6H2,1H3,(H,14,15). The summed E-state index contributed by atoms with van der Waals surface area (Å²) in [6, 6.07) is 6.20. The van der Waals surface area contributed by atoms with Crippen LogP contribution in [0, 0.1) is 5.92 Å². The smallest absolute Gasteiger partial charge is 0.230 e. The van der Waals surface area contributed by atoms with Crippen LogP contribution in [0.3, 0.4) is 0 Å². The summed E-state index contributed by atoms with van der Waals surface area (Å²) in [5.41, 5.74) is 0.251. The average Bonchev–Trinajstić information content (AvgIpc) is 2.87. The van der Waals surface area contributed by atoms with Crippen molar-refractivity contribution in [3.63, 3.8) is 0 Å². The minimum atomic E-state index is -3.39. The van der Waals surface area contributed by atoms with E-state index in [1.807, 2.05) is 0 Å². The highest BCUT2D eigenvalue weighted by Gasteiger charge is 2.56. The number of sulfone groups is 1. The second-order valence-corrected chi connectivity index (χ2v) is 7.80. The fraction of sp³-hybridized carbons (Fsp3) is 0.364. The molecule has 4 nitrogen and oxygen atoms in total. The molecule has 0 heterocycles. The van der Waals surface area contributed by atoms with E-state index in [1.54, 1.807) is 12.1 Å². The number of anilines is 1. The molecule has 1 amide bonds. The first-order valence-corrected chi connectivity index (χ1v) is 7.84. The van der Waals surface area contributed by atoms with Gasteiger partial charge >= 0.3 is 0 Å². The Bertz CT molecular complexity index is 598. The molecule has 1 aliphatic carbocycles. The van der Waals surface area contributed by atoms with Crippen LogP contribution >= 0.6 is 23.2 Å². The number of benzene rings is 1. The van der Waals surface area contributed by atoms with E-state index in [1.165, 1.54) is 12.1 Å². The molecular formula is C11H11Cl2NO3S. The summed E-state index contributed by atoms with van der Waals surface area (Å²) in [4.78, 5) is 11.9. The van der Waals surface area contributed by atoms with Crippen molar-refractivity contribution in [3.05, 3.63) is 24.3 Å². The Balaban J connectivity index is 2.23. The summed E-state index contributed by atoms with van der Waals surface area (Å²) in [6.07, 6.45) is 1.46. The summed E-state index contributed by atoms with van der Waals surface area (Å²) in [7, 11) is -3.39. The van der Waals surface area contributed by atoms with Crippen molar-refractivity contribution in [2.75, 3.05) is 11.6 Å². The minimum Gasteiger partial charge on any atom is -0.325 e. The number of carbonyl (C=O) groups excluding carboxylic acids is 1. The number of carbonyl (C=O) groups is 1. The predicted molar refractivity (Wildman–Crippen MR) is 70.7 cm³/mol. The third-order valence-corrected chi connectivity index (χ3v) is 4.68. The molecule has 1 unspecified atom stereocenters. The Morgan fingerprint density at radius 3 is 2.44 bits per heavy atom. The molecule has 18 heavy (non-hydrogen) atoms. The van der Waals surface area contributed by atoms with Crippen molar-refractivity contribution in [1.82, 2.24) is 0 Å². The molecule has 2 rings (SSSR count). The predicted octanol–water partition coefficient (Wildman–Crippen LogP) is 2.22. The molecule has 7 heteroatoms. The number of rotatable bonds is 3. The molecule has 0 spiro atoms. The highest BCUT2D eigenvalue weighted by molar-refractivity contribution is 7.90. The van der Waals surface area contributed by atoms with Gasteiger partial charge in [-0.2, -0.15) is 0 Å². The summed E-state index contributed by atoms with van der Waals surface area (Å²) in [5.74, 6) is -0.857. The lowest BCUT2D eigenvalue weighted by molar-refractivity contribution is -0.117. The van der Waals surface area contributed by atoms with Crippen molar-refractivity contribution < 1.29 is 13.2 Å². The van der Waals surface area contributed by atoms with Crippen molar-refractivity contribution in [2.45, 2.75) is 15.6 Å². The first-order chi connectivity index (χ1) is 8.22. The van der Waals surface area contributed by atoms with E-state index in [0.29, 0.717) is 6.42 Å². The molecule has 1 fully saturated rings. The fourth-order valence-corrected chi connectivity index (χ4v) is 2.96. The maximum absolute atomic E-state index is 11.8. The van der Waals surface area contributed by atoms with Crippen molar-refractivity contribution >= 4 is 44.6 Å². The van der Waals surface area contributed by atoms with Crippen LogP contribution in [0.25, 0.3) is 0 Å². The number of amides is 1. The van der Waals surface area contributed by atoms with Gasteiger partial charge in [0.1, 0.15) is 4.33 Å². The monoisotopic (exact) mass is 307 g/mol. The quantitative estimate of drug-likeness (QED) is 0.871. The van der Waals surface area contributed by atoms with E-state index in [0.717, 1.165) is 6.26 Å². The number of halogens is 2. The first kappa shape index (κ1) is 13.6. The zero-order valence-electron chi connectivity index (χ0n) is 9.48. The van der Waals surface area contributed by atoms with Crippen molar-refractivity contribution in [2.24, 2.45) is 5.92 Å². The number of alkyl halides is 2. The lowest BCUT2D eigenvalue weighted by Crippen LogP contribution is -2.18. The Morgan fingerprint density at radius 2 is 1.94 bits per heavy atom. The molecule has 1 aromatic rings. The van der Waals surface area contributed by atoms with E-state index in [2.05, 4.69) is 5.32 Å². The first-order valence-electron chi connectivity index (χ1n) is 5.19. The molecule has 0 radical (unpaired) electrons. The Kier molecular flexibility index (Phi) is 3.34. The molecule has 0 aromatic heterocycles. The SMILES string of the molecule is CS(=O)(=O)c1ccccc1NC(=O)C1CC1(Cl)Cl. The maximum atomic E-state index is 11.8. The zero-order chi connectivity index (χ0) is 13.6. The molecule has 1 saturated carbocycles. The molecule has 0 aliphatic heterocycles. The minimum absolute atomic E-state index is 0.0775. The van der Waals surface area contributed by atoms with E-state index in [-0.39, 0.29) is 16.5 Å². The number of nitrogens with one attached hydrogen (secondary N) is 1. The summed E-state index contributed by atoms with van der Waals surface area (Å²) >= 11 is 11.6. The second kappa shape index (κ2) is 4.40. The van der Waals surface area contributed by atoms with Gasteiger partial charge in [0.05, 0.1) is 16.5 Å². The van der Waals surface area contributed by atoms with Gasteiger partial charge in [0, 0.05) is 6.26 Å². The van der Waals surface area contributed by atoms with E-state index < -0.39 is 20.1 Å². The zero-order valence-corrected chi connectivity index (χ0v) is 11.8. The van der Waals surface area contributed by atoms with Gasteiger partial charge in [-0.1, -0.05) is 12.1 Å². The molecule has 1 atom stereocenters. The lowest BCUT2D eigenvalue weighted by atomic mass is 10.3. The molecule has 0 bridgehead atoms. The average molecular weight is 308 g/mol. The van der Waals surface area contributed by atoms with Gasteiger partial charge in [-0.15, -0.1) is 23.2 Å². The highest BCUT2D eigenvalue weighted by Crippen LogP contribution is 2.53. The van der Waals surface area contributed by atoms with Gasteiger partial charge < -0.3 is 5.32 Å². The fourth-order valence-electron chi connectivity index (χ4n) is 1.61. The van der Waals surface area contributed by atoms with Gasteiger partial charge in [-0.05, 0) is 18.6 Å². The van der Waals surface area contributed by atoms with Gasteiger partial charge in [0.15, 0.2) is 9.84 Å². The van der Waals surface area contributed by atoms with Gasteiger partial charge in [0.25, 0.3) is 0 Å². The molecule has 0 saturated heterocycles. The van der Waals surface area contributed by atoms with Crippen LogP contribution in [-0.2, 0) is 14.6 Å². The third-order valence-electron chi connectivity index (χ3n) is 2.69. The second-order valence-electron chi connectivity index (χ2n) is 4.28. The Hall–Kier alpha value is -0.780. The van der Waals surface area contributed by atoms with Crippen LogP contribution in [0.2, 0.25) is 0 Å². The van der Waals surface area contributed by atoms with Crippen molar-refractivity contribution in [1.29, 1.82) is 0 Å². The molecular weight excluding hydrogens is 297 g/mol. The van der Waals surface area contributed by atoms with Crippen molar-refractivity contribution in [3.8, 4) is 0 Å². The summed E-state index contributed by atoms with van der Waals surface area (Å²) < 4.78 is 22.1. The molecule has 98 valence electrons. The van der Waals surface area contributed by atoms with Crippen LogP contribution < -0.4 is 5.32 Å². The van der Waals surface area contributed by atoms with Gasteiger partial charge in [-0.25, -0.2) is 8.42 Å². The largest absolute Gasteiger partial charge is 0.325 e. The third kappa shape index (κ3) is 2.79. The normalized spacial score (nSPS) is 21.4. The van der Waals surface area contributed by atoms with Crippen LogP contribution in [0.15, 0.2) is 29.2 Å². The highest BCUT2D eigenvalue weighted by atomic mass is 35.5. The molecule has 1 N–H and O–H groups in total. The Morgan fingerprint density at radius 1 is 1.39 bits per heavy atom. The maximum Gasteiger partial charge on any atom is 0.230 e. The van der Waals surface area contributed by atoms with E-state index in [9.17, 15) is 13.2 Å². The van der Waals surface area contributed by atoms with Crippen LogP contribution in [0.5, 0.6) is 0 Å². The van der Waals surface area contributed by atoms with Crippen LogP contribution in [0.4, 0.5) is 5.69 Å². The van der Waals surface area contributed by atoms with Crippen LogP contribution in [0.1, 0.15) is 6.42 Å². The van der Waals surface area contributed by atoms with E-state index in [4.69, 9.17) is 23.2 Å². The molecule has 1 aromatic carbocycles. The summed E-state index contributed by atoms with van der Waals surface area (Å²) in [6.45, 7) is 0. The lowest BCUT2D eigenvalue weighted by Gasteiger charge is -2.09. The molecule has 1 aliphatic rings. The van der Waals surface area contributed by atoms with Crippen LogP contribution in [-0.4, -0.2) is 24.9 Å². The number of para-hydroxylation sites is 1. The Labute approximate surface area is 115 Å². The number of hydrogen-bond acceptors (Lipinski definition) is 3. The number of hydrogen-bond donors (Lipinski definition) is 1. The van der Waals surface area contributed by atoms with Gasteiger partial charge in [-0.3, -0.25) is 4.79 Å². The van der Waals surface area contributed by atoms with Gasteiger partial charge in [0.2, 0.25) is 5.91 Å². The van der Waals surface area contributed by atoms with E-state index >= 15 is 0 Å².